The first-order valence-corrected chi connectivity index (χ1v) is 11.0. The second kappa shape index (κ2) is 9.49. The zero-order valence-electron chi connectivity index (χ0n) is 17.2. The molecule has 1 amide bonds. The van der Waals surface area contributed by atoms with Gasteiger partial charge in [-0.3, -0.25) is 9.69 Å². The van der Waals surface area contributed by atoms with Gasteiger partial charge in [-0.05, 0) is 24.6 Å². The van der Waals surface area contributed by atoms with E-state index in [9.17, 15) is 13.6 Å². The molecule has 3 aromatic rings. The Kier molecular flexibility index (Phi) is 6.53. The van der Waals surface area contributed by atoms with Crippen LogP contribution in [0.5, 0.6) is 0 Å². The van der Waals surface area contributed by atoms with Gasteiger partial charge in [0.25, 0.3) is 5.91 Å². The molecule has 0 radical (unpaired) electrons. The molecule has 2 heterocycles. The van der Waals surface area contributed by atoms with Crippen molar-refractivity contribution in [2.45, 2.75) is 6.92 Å². The molecule has 0 unspecified atom stereocenters. The fourth-order valence-corrected chi connectivity index (χ4v) is 4.67. The smallest absolute Gasteiger partial charge is 0.265 e. The Bertz CT molecular complexity index is 1070. The highest BCUT2D eigenvalue weighted by atomic mass is 32.1. The predicted octanol–water partition coefficient (Wildman–Crippen LogP) is 4.87. The quantitative estimate of drug-likeness (QED) is 0.569. The minimum absolute atomic E-state index is 0.127. The van der Waals surface area contributed by atoms with Gasteiger partial charge >= 0.3 is 0 Å². The van der Waals surface area contributed by atoms with Crippen molar-refractivity contribution < 1.29 is 13.6 Å². The number of aryl methyl sites for hydroxylation is 1. The van der Waals surface area contributed by atoms with E-state index in [4.69, 9.17) is 0 Å². The lowest BCUT2D eigenvalue weighted by Crippen LogP contribution is -2.48. The number of hydrogen-bond donors (Lipinski definition) is 0. The van der Waals surface area contributed by atoms with Gasteiger partial charge in [-0.2, -0.15) is 0 Å². The number of nitrogens with zero attached hydrogens (tertiary/aromatic N) is 3. The van der Waals surface area contributed by atoms with Gasteiger partial charge in [0.1, 0.15) is 21.5 Å². The summed E-state index contributed by atoms with van der Waals surface area (Å²) < 4.78 is 28.2. The summed E-state index contributed by atoms with van der Waals surface area (Å²) in [7, 11) is 0. The van der Waals surface area contributed by atoms with Crippen LogP contribution in [0.1, 0.15) is 20.9 Å². The lowest BCUT2D eigenvalue weighted by molar-refractivity contribution is 0.0654. The molecule has 31 heavy (non-hydrogen) atoms. The van der Waals surface area contributed by atoms with E-state index in [1.54, 1.807) is 11.8 Å². The molecule has 0 saturated carbocycles. The van der Waals surface area contributed by atoms with Gasteiger partial charge in [0.05, 0.1) is 11.3 Å². The van der Waals surface area contributed by atoms with Gasteiger partial charge in [-0.1, -0.05) is 48.6 Å². The second-order valence-corrected chi connectivity index (χ2v) is 8.44. The molecule has 7 heteroatoms. The number of rotatable bonds is 5. The minimum atomic E-state index is -0.676. The largest absolute Gasteiger partial charge is 0.335 e. The maximum atomic E-state index is 14.1. The van der Waals surface area contributed by atoms with Crippen molar-refractivity contribution in [3.05, 3.63) is 82.4 Å². The van der Waals surface area contributed by atoms with Crippen LogP contribution in [0.3, 0.4) is 0 Å². The minimum Gasteiger partial charge on any atom is -0.335 e. The van der Waals surface area contributed by atoms with Crippen molar-refractivity contribution >= 4 is 23.3 Å². The molecule has 4 rings (SSSR count). The number of carbonyl (C=O) groups is 1. The zero-order chi connectivity index (χ0) is 21.8. The van der Waals surface area contributed by atoms with Crippen LogP contribution in [0.15, 0.2) is 54.6 Å². The molecule has 2 aromatic carbocycles. The normalized spacial score (nSPS) is 15.0. The summed E-state index contributed by atoms with van der Waals surface area (Å²) in [6.07, 6.45) is 4.23. The van der Waals surface area contributed by atoms with Crippen LogP contribution in [0.25, 0.3) is 16.6 Å². The van der Waals surface area contributed by atoms with Gasteiger partial charge in [-0.25, -0.2) is 13.8 Å². The molecule has 0 aliphatic carbocycles. The molecule has 1 fully saturated rings. The third kappa shape index (κ3) is 4.89. The maximum Gasteiger partial charge on any atom is 0.265 e. The van der Waals surface area contributed by atoms with E-state index < -0.39 is 11.6 Å². The van der Waals surface area contributed by atoms with Crippen molar-refractivity contribution in [1.29, 1.82) is 0 Å². The Balaban J connectivity index is 1.38. The molecule has 0 atom stereocenters. The molecule has 0 N–H and O–H groups in total. The molecular weight excluding hydrogens is 416 g/mol. The molecular formula is C24H23F2N3OS. The van der Waals surface area contributed by atoms with Crippen molar-refractivity contribution in [3.8, 4) is 10.6 Å². The van der Waals surface area contributed by atoms with Crippen LogP contribution >= 0.6 is 11.3 Å². The zero-order valence-corrected chi connectivity index (χ0v) is 18.0. The van der Waals surface area contributed by atoms with E-state index in [2.05, 4.69) is 34.2 Å². The Morgan fingerprint density at radius 2 is 1.71 bits per heavy atom. The molecule has 160 valence electrons. The van der Waals surface area contributed by atoms with E-state index in [1.807, 2.05) is 18.2 Å². The SMILES string of the molecule is Cc1nc(-c2c(F)cccc2F)sc1C(=O)N1CCN(C/C=C/c2ccccc2)CC1. The highest BCUT2D eigenvalue weighted by Gasteiger charge is 2.26. The van der Waals surface area contributed by atoms with Gasteiger partial charge < -0.3 is 4.90 Å². The standard InChI is InChI=1S/C24H23F2N3OS/c1-17-22(31-23(27-17)21-19(25)10-5-11-20(21)26)24(30)29-15-13-28(14-16-29)12-6-9-18-7-3-2-4-8-18/h2-11H,12-16H2,1H3/b9-6+. The Labute approximate surface area is 184 Å². The fourth-order valence-electron chi connectivity index (χ4n) is 3.58. The third-order valence-corrected chi connectivity index (χ3v) is 6.46. The van der Waals surface area contributed by atoms with E-state index in [0.29, 0.717) is 23.7 Å². The molecule has 0 spiro atoms. The van der Waals surface area contributed by atoms with Gasteiger partial charge in [0, 0.05) is 32.7 Å². The highest BCUT2D eigenvalue weighted by Crippen LogP contribution is 2.32. The number of amides is 1. The van der Waals surface area contributed by atoms with Crippen LogP contribution in [0, 0.1) is 18.6 Å². The van der Waals surface area contributed by atoms with E-state index in [0.717, 1.165) is 31.0 Å². The number of aromatic nitrogens is 1. The molecule has 0 bridgehead atoms. The topological polar surface area (TPSA) is 36.4 Å². The number of carbonyl (C=O) groups excluding carboxylic acids is 1. The second-order valence-electron chi connectivity index (χ2n) is 7.44. The first-order valence-electron chi connectivity index (χ1n) is 10.2. The summed E-state index contributed by atoms with van der Waals surface area (Å²) in [5.41, 5.74) is 1.49. The first-order chi connectivity index (χ1) is 15.0. The number of halogens is 2. The molecule has 1 aliphatic heterocycles. The monoisotopic (exact) mass is 439 g/mol. The molecule has 1 aliphatic rings. The van der Waals surface area contributed by atoms with E-state index >= 15 is 0 Å². The van der Waals surface area contributed by atoms with Crippen LogP contribution in [0.4, 0.5) is 8.78 Å². The molecule has 1 saturated heterocycles. The number of hydrogen-bond acceptors (Lipinski definition) is 4. The van der Waals surface area contributed by atoms with E-state index in [1.165, 1.54) is 23.8 Å². The first kappa shape index (κ1) is 21.3. The summed E-state index contributed by atoms with van der Waals surface area (Å²) in [4.78, 5) is 21.8. The third-order valence-electron chi connectivity index (χ3n) is 5.30. The van der Waals surface area contributed by atoms with E-state index in [-0.39, 0.29) is 16.5 Å². The highest BCUT2D eigenvalue weighted by molar-refractivity contribution is 7.17. The number of piperazine rings is 1. The summed E-state index contributed by atoms with van der Waals surface area (Å²) >= 11 is 1.05. The lowest BCUT2D eigenvalue weighted by atomic mass is 10.2. The van der Waals surface area contributed by atoms with Crippen molar-refractivity contribution in [2.75, 3.05) is 32.7 Å². The summed E-state index contributed by atoms with van der Waals surface area (Å²) in [5.74, 6) is -1.48. The van der Waals surface area contributed by atoms with Crippen LogP contribution in [-0.2, 0) is 0 Å². The average molecular weight is 440 g/mol. The van der Waals surface area contributed by atoms with Gasteiger partial charge in [0.2, 0.25) is 0 Å². The fraction of sp³-hybridized carbons (Fsp3) is 0.250. The molecule has 4 nitrogen and oxygen atoms in total. The Hall–Kier alpha value is -2.90. The predicted molar refractivity (Wildman–Crippen MR) is 120 cm³/mol. The van der Waals surface area contributed by atoms with Crippen molar-refractivity contribution in [3.63, 3.8) is 0 Å². The summed E-state index contributed by atoms with van der Waals surface area (Å²) in [5, 5.41) is 0.195. The summed E-state index contributed by atoms with van der Waals surface area (Å²) in [6, 6.07) is 13.8. The van der Waals surface area contributed by atoms with Crippen LogP contribution in [0.2, 0.25) is 0 Å². The number of benzene rings is 2. The summed E-state index contributed by atoms with van der Waals surface area (Å²) in [6.45, 7) is 5.30. The lowest BCUT2D eigenvalue weighted by Gasteiger charge is -2.34. The van der Waals surface area contributed by atoms with Crippen molar-refractivity contribution in [1.82, 2.24) is 14.8 Å². The molecule has 1 aromatic heterocycles. The average Bonchev–Trinajstić information content (AvgIpc) is 3.15. The Morgan fingerprint density at radius 1 is 1.03 bits per heavy atom. The van der Waals surface area contributed by atoms with Gasteiger partial charge in [-0.15, -0.1) is 11.3 Å². The maximum absolute atomic E-state index is 14.1. The van der Waals surface area contributed by atoms with Gasteiger partial charge in [0.15, 0.2) is 0 Å². The number of thiazole rings is 1. The van der Waals surface area contributed by atoms with Crippen LogP contribution < -0.4 is 0 Å². The van der Waals surface area contributed by atoms with Crippen molar-refractivity contribution in [2.24, 2.45) is 0 Å². The Morgan fingerprint density at radius 3 is 2.39 bits per heavy atom. The van der Waals surface area contributed by atoms with Crippen LogP contribution in [-0.4, -0.2) is 53.4 Å².